The molecule has 382 valence electrons. The summed E-state index contributed by atoms with van der Waals surface area (Å²) >= 11 is 0. The molecule has 1 aliphatic carbocycles. The Balaban J connectivity index is 2.43. The lowest BCUT2D eigenvalue weighted by atomic mass is 9.85. The van der Waals surface area contributed by atoms with Crippen molar-refractivity contribution in [2.45, 2.75) is 243 Å². The minimum atomic E-state index is -5.13. The van der Waals surface area contributed by atoms with Gasteiger partial charge in [0, 0.05) is 12.8 Å². The molecule has 0 aromatic rings. The summed E-state index contributed by atoms with van der Waals surface area (Å²) in [6.45, 7) is 3.18. The fourth-order valence-electron chi connectivity index (χ4n) is 7.55. The lowest BCUT2D eigenvalue weighted by Crippen LogP contribution is -2.64. The predicted molar refractivity (Wildman–Crippen MR) is 262 cm³/mol. The molecule has 1 rings (SSSR count). The van der Waals surface area contributed by atoms with Crippen LogP contribution in [0.2, 0.25) is 0 Å². The number of allylic oxidation sites excluding steroid dienone is 10. The highest BCUT2D eigenvalue weighted by Crippen LogP contribution is 2.47. The summed E-state index contributed by atoms with van der Waals surface area (Å²) in [5, 5.41) is 50.3. The number of phosphoric acid groups is 1. The standard InChI is InChI=1S/C52H91O13P/c1-3-5-7-9-11-13-15-17-19-21-23-25-27-29-31-33-35-37-39-41-46(54)64-44(43-63-66(60,61)65-52-50(58)48(56)47(55)49(57)51(52)59)42-62-45(53)40-38-36-34-32-30-28-26-24-22-20-18-16-14-12-10-8-6-4-2/h5,7,11,13,17,19,23,25,29,31,44,47-52,55-59H,3-4,6,8-10,12,14-16,18,20-22,24,26-28,30,32-43H2,1-2H3,(H,60,61)/b7-5+,13-11+,19-17+,25-23+,31-29+/t44-,47?,48-,49?,50?,51?,52?/m0/s1. The van der Waals surface area contributed by atoms with Gasteiger partial charge in [0.25, 0.3) is 0 Å². The Labute approximate surface area is 398 Å². The molecule has 0 aromatic heterocycles. The van der Waals surface area contributed by atoms with Crippen molar-refractivity contribution in [2.24, 2.45) is 0 Å². The van der Waals surface area contributed by atoms with Crippen LogP contribution in [0.15, 0.2) is 60.8 Å². The highest BCUT2D eigenvalue weighted by Gasteiger charge is 2.51. The maximum Gasteiger partial charge on any atom is 0.472 e. The molecule has 0 amide bonds. The van der Waals surface area contributed by atoms with Crippen LogP contribution in [-0.4, -0.2) is 98.3 Å². The molecule has 0 radical (unpaired) electrons. The van der Waals surface area contributed by atoms with E-state index < -0.39 is 75.7 Å². The number of carbonyl (C=O) groups is 2. The number of hydrogen-bond acceptors (Lipinski definition) is 12. The monoisotopic (exact) mass is 955 g/mol. The number of phosphoric ester groups is 1. The molecule has 0 bridgehead atoms. The first-order valence-electron chi connectivity index (χ1n) is 25.6. The maximum atomic E-state index is 12.8. The molecule has 6 N–H and O–H groups in total. The number of ether oxygens (including phenoxy) is 2. The number of carbonyl (C=O) groups excluding carboxylic acids is 2. The molecule has 0 spiro atoms. The first-order chi connectivity index (χ1) is 31.9. The fourth-order valence-corrected chi connectivity index (χ4v) is 8.52. The minimum absolute atomic E-state index is 0.0568. The Hall–Kier alpha value is -2.45. The normalized spacial score (nSPS) is 21.8. The van der Waals surface area contributed by atoms with Crippen LogP contribution in [-0.2, 0) is 32.7 Å². The molecule has 1 aliphatic rings. The third-order valence-corrected chi connectivity index (χ3v) is 12.6. The van der Waals surface area contributed by atoms with E-state index in [0.717, 1.165) is 70.6 Å². The van der Waals surface area contributed by atoms with E-state index in [1.165, 1.54) is 89.9 Å². The number of unbranched alkanes of at least 4 members (excludes halogenated alkanes) is 20. The van der Waals surface area contributed by atoms with Crippen molar-refractivity contribution in [3.63, 3.8) is 0 Å². The van der Waals surface area contributed by atoms with E-state index in [-0.39, 0.29) is 12.8 Å². The van der Waals surface area contributed by atoms with Crippen LogP contribution in [0.3, 0.4) is 0 Å². The number of esters is 2. The Morgan fingerprint density at radius 1 is 0.485 bits per heavy atom. The average Bonchev–Trinajstić information content (AvgIpc) is 3.30. The van der Waals surface area contributed by atoms with Crippen molar-refractivity contribution >= 4 is 19.8 Å². The minimum Gasteiger partial charge on any atom is -0.462 e. The smallest absolute Gasteiger partial charge is 0.462 e. The fraction of sp³-hybridized carbons (Fsp3) is 0.769. The van der Waals surface area contributed by atoms with Gasteiger partial charge in [-0.3, -0.25) is 18.6 Å². The van der Waals surface area contributed by atoms with Gasteiger partial charge in [0.15, 0.2) is 6.10 Å². The molecule has 13 nitrogen and oxygen atoms in total. The van der Waals surface area contributed by atoms with E-state index in [0.29, 0.717) is 12.8 Å². The second-order valence-corrected chi connectivity index (χ2v) is 19.1. The highest BCUT2D eigenvalue weighted by molar-refractivity contribution is 7.47. The molecule has 14 heteroatoms. The summed E-state index contributed by atoms with van der Waals surface area (Å²) in [5.41, 5.74) is 0. The third kappa shape index (κ3) is 33.1. The molecular formula is C52H91O13P. The zero-order chi connectivity index (χ0) is 48.5. The molecule has 8 atom stereocenters. The summed E-state index contributed by atoms with van der Waals surface area (Å²) < 4.78 is 33.6. The van der Waals surface area contributed by atoms with Gasteiger partial charge in [-0.1, -0.05) is 190 Å². The molecular weight excluding hydrogens is 864 g/mol. The van der Waals surface area contributed by atoms with Crippen LogP contribution in [0.4, 0.5) is 0 Å². The molecule has 0 saturated heterocycles. The van der Waals surface area contributed by atoms with Crippen LogP contribution in [0, 0.1) is 0 Å². The van der Waals surface area contributed by atoms with Crippen molar-refractivity contribution in [3.8, 4) is 0 Å². The average molecular weight is 955 g/mol. The van der Waals surface area contributed by atoms with Crippen LogP contribution < -0.4 is 0 Å². The van der Waals surface area contributed by atoms with Gasteiger partial charge in [0.1, 0.15) is 43.2 Å². The molecule has 0 heterocycles. The van der Waals surface area contributed by atoms with E-state index in [1.54, 1.807) is 0 Å². The summed E-state index contributed by atoms with van der Waals surface area (Å²) in [6.07, 6.45) is 38.4. The Kier molecular flexibility index (Phi) is 38.7. The summed E-state index contributed by atoms with van der Waals surface area (Å²) in [7, 11) is -5.13. The maximum absolute atomic E-state index is 12.8. The Morgan fingerprint density at radius 3 is 1.32 bits per heavy atom. The Morgan fingerprint density at radius 2 is 0.864 bits per heavy atom. The van der Waals surface area contributed by atoms with Gasteiger partial charge in [-0.05, 0) is 57.8 Å². The molecule has 6 unspecified atom stereocenters. The number of rotatable bonds is 42. The Bertz CT molecular complexity index is 1380. The second-order valence-electron chi connectivity index (χ2n) is 17.7. The quantitative estimate of drug-likeness (QED) is 0.0146. The van der Waals surface area contributed by atoms with Crippen molar-refractivity contribution in [3.05, 3.63) is 60.8 Å². The van der Waals surface area contributed by atoms with Crippen LogP contribution >= 0.6 is 7.82 Å². The molecule has 0 aromatic carbocycles. The third-order valence-electron chi connectivity index (χ3n) is 11.6. The lowest BCUT2D eigenvalue weighted by Gasteiger charge is -2.41. The van der Waals surface area contributed by atoms with Crippen molar-refractivity contribution in [1.82, 2.24) is 0 Å². The lowest BCUT2D eigenvalue weighted by molar-refractivity contribution is -0.220. The summed E-state index contributed by atoms with van der Waals surface area (Å²) in [5.74, 6) is -1.13. The SMILES string of the molecule is CC/C=C/C/C=C/C/C=C/C/C=C/C/C=C/CCCCCC(=O)O[C@@H](COC(=O)CCCCCCCCCCCCCCCCCCCC)COP(=O)(O)OC1C(O)C(O)C(O)[C@H](O)C1O. The summed E-state index contributed by atoms with van der Waals surface area (Å²) in [6, 6.07) is 0. The van der Waals surface area contributed by atoms with Crippen molar-refractivity contribution in [1.29, 1.82) is 0 Å². The molecule has 66 heavy (non-hydrogen) atoms. The van der Waals surface area contributed by atoms with Gasteiger partial charge in [0.05, 0.1) is 6.61 Å². The first kappa shape index (κ1) is 61.6. The van der Waals surface area contributed by atoms with E-state index in [9.17, 15) is 44.6 Å². The second kappa shape index (κ2) is 41.5. The number of hydrogen-bond donors (Lipinski definition) is 6. The number of aliphatic hydroxyl groups is 5. The van der Waals surface area contributed by atoms with E-state index in [2.05, 4.69) is 74.6 Å². The van der Waals surface area contributed by atoms with Crippen molar-refractivity contribution < 1.29 is 63.1 Å². The first-order valence-corrected chi connectivity index (χ1v) is 27.1. The van der Waals surface area contributed by atoms with Gasteiger partial charge >= 0.3 is 19.8 Å². The van der Waals surface area contributed by atoms with Crippen LogP contribution in [0.25, 0.3) is 0 Å². The van der Waals surface area contributed by atoms with E-state index in [1.807, 2.05) is 0 Å². The zero-order valence-corrected chi connectivity index (χ0v) is 41.6. The topological polar surface area (TPSA) is 210 Å². The van der Waals surface area contributed by atoms with E-state index in [4.69, 9.17) is 18.5 Å². The molecule has 1 fully saturated rings. The molecule has 0 aliphatic heterocycles. The van der Waals surface area contributed by atoms with Gasteiger partial charge in [0.2, 0.25) is 0 Å². The number of aliphatic hydroxyl groups excluding tert-OH is 5. The van der Waals surface area contributed by atoms with Gasteiger partial charge in [-0.2, -0.15) is 0 Å². The van der Waals surface area contributed by atoms with Gasteiger partial charge in [-0.25, -0.2) is 4.57 Å². The van der Waals surface area contributed by atoms with Crippen LogP contribution in [0.1, 0.15) is 200 Å². The van der Waals surface area contributed by atoms with Gasteiger partial charge < -0.3 is 39.9 Å². The largest absolute Gasteiger partial charge is 0.472 e. The zero-order valence-electron chi connectivity index (χ0n) is 40.7. The van der Waals surface area contributed by atoms with Crippen molar-refractivity contribution in [2.75, 3.05) is 13.2 Å². The predicted octanol–water partition coefficient (Wildman–Crippen LogP) is 10.9. The van der Waals surface area contributed by atoms with Gasteiger partial charge in [-0.15, -0.1) is 0 Å². The van der Waals surface area contributed by atoms with Crippen LogP contribution in [0.5, 0.6) is 0 Å². The highest BCUT2D eigenvalue weighted by atomic mass is 31.2. The summed E-state index contributed by atoms with van der Waals surface area (Å²) in [4.78, 5) is 35.8. The molecule has 1 saturated carbocycles. The van der Waals surface area contributed by atoms with E-state index >= 15 is 0 Å².